The minimum atomic E-state index is 0.566. The number of thiazole rings is 1. The van der Waals surface area contributed by atoms with Crippen molar-refractivity contribution in [2.24, 2.45) is 0 Å². The summed E-state index contributed by atoms with van der Waals surface area (Å²) in [5.74, 6) is 0.566. The predicted octanol–water partition coefficient (Wildman–Crippen LogP) is 2.91. The molecule has 0 saturated carbocycles. The number of nitrogen functional groups attached to an aromatic ring is 1. The molecule has 0 fully saturated rings. The van der Waals surface area contributed by atoms with Gasteiger partial charge in [0, 0.05) is 11.9 Å². The van der Waals surface area contributed by atoms with Gasteiger partial charge in [0.25, 0.3) is 0 Å². The van der Waals surface area contributed by atoms with Gasteiger partial charge in [-0.05, 0) is 51.9 Å². The number of nitrogens with one attached hydrogen (secondary N) is 1. The van der Waals surface area contributed by atoms with Crippen LogP contribution in [0.5, 0.6) is 0 Å². The number of hydrogen-bond donors (Lipinski definition) is 2. The lowest BCUT2D eigenvalue weighted by molar-refractivity contribution is 0.396. The van der Waals surface area contributed by atoms with Gasteiger partial charge in [0.2, 0.25) is 0 Å². The second kappa shape index (κ2) is 7.01. The van der Waals surface area contributed by atoms with E-state index in [1.165, 1.54) is 18.0 Å². The van der Waals surface area contributed by atoms with Gasteiger partial charge < -0.3 is 16.0 Å². The lowest BCUT2D eigenvalue weighted by Gasteiger charge is -2.09. The third-order valence-corrected chi connectivity index (χ3v) is 4.50. The summed E-state index contributed by atoms with van der Waals surface area (Å²) in [6, 6.07) is 0. The summed E-state index contributed by atoms with van der Waals surface area (Å²) in [5.41, 5.74) is 7.85. The van der Waals surface area contributed by atoms with E-state index in [1.54, 1.807) is 11.3 Å². The summed E-state index contributed by atoms with van der Waals surface area (Å²) in [5, 5.41) is 7.54. The Morgan fingerprint density at radius 1 is 1.35 bits per heavy atom. The van der Waals surface area contributed by atoms with Crippen LogP contribution in [0.2, 0.25) is 0 Å². The molecule has 0 saturated heterocycles. The highest BCUT2D eigenvalue weighted by molar-refractivity contribution is 7.11. The molecule has 0 amide bonds. The van der Waals surface area contributed by atoms with Crippen LogP contribution in [-0.4, -0.2) is 41.4 Å². The molecule has 2 aromatic rings. The maximum atomic E-state index is 5.97. The number of nitrogens with zero attached hydrogens (tertiary/aromatic N) is 3. The van der Waals surface area contributed by atoms with E-state index in [0.717, 1.165) is 40.8 Å². The molecule has 5 nitrogen and oxygen atoms in total. The van der Waals surface area contributed by atoms with Crippen LogP contribution in [0.15, 0.2) is 5.38 Å². The van der Waals surface area contributed by atoms with Crippen molar-refractivity contribution in [3.05, 3.63) is 10.4 Å². The highest BCUT2D eigenvalue weighted by atomic mass is 32.1. The number of aryl methyl sites for hydroxylation is 1. The van der Waals surface area contributed by atoms with Gasteiger partial charge in [-0.25, -0.2) is 4.98 Å². The smallest absolute Gasteiger partial charge is 0.148 e. The van der Waals surface area contributed by atoms with Crippen molar-refractivity contribution >= 4 is 33.7 Å². The summed E-state index contributed by atoms with van der Waals surface area (Å²) in [6.07, 6.45) is 2.31. The molecule has 2 rings (SSSR count). The Morgan fingerprint density at radius 3 is 2.80 bits per heavy atom. The average molecular weight is 311 g/mol. The molecule has 20 heavy (non-hydrogen) atoms. The van der Waals surface area contributed by atoms with Crippen LogP contribution in [0.3, 0.4) is 0 Å². The molecular formula is C13H21N5S2. The first-order valence-electron chi connectivity index (χ1n) is 6.64. The van der Waals surface area contributed by atoms with Crippen molar-refractivity contribution in [2.75, 3.05) is 38.2 Å². The Hall–Kier alpha value is -1.18. The number of hydrogen-bond acceptors (Lipinski definition) is 7. The molecule has 0 atom stereocenters. The largest absolute Gasteiger partial charge is 0.382 e. The molecule has 0 aliphatic heterocycles. The molecule has 0 aliphatic rings. The van der Waals surface area contributed by atoms with Crippen LogP contribution in [0, 0.1) is 6.92 Å². The van der Waals surface area contributed by atoms with Crippen LogP contribution >= 0.6 is 22.9 Å². The Balaban J connectivity index is 1.96. The number of nitrogens with two attached hydrogens (primary N) is 1. The zero-order valence-corrected chi connectivity index (χ0v) is 13.8. The minimum Gasteiger partial charge on any atom is -0.382 e. The van der Waals surface area contributed by atoms with Crippen molar-refractivity contribution in [1.29, 1.82) is 0 Å². The first-order valence-corrected chi connectivity index (χ1v) is 8.29. The molecule has 0 bridgehead atoms. The maximum Gasteiger partial charge on any atom is 0.148 e. The van der Waals surface area contributed by atoms with Crippen LogP contribution in [0.4, 0.5) is 10.8 Å². The van der Waals surface area contributed by atoms with E-state index >= 15 is 0 Å². The van der Waals surface area contributed by atoms with Crippen molar-refractivity contribution in [2.45, 2.75) is 19.8 Å². The van der Waals surface area contributed by atoms with Crippen LogP contribution in [0.1, 0.15) is 17.8 Å². The highest BCUT2D eigenvalue weighted by Crippen LogP contribution is 2.36. The minimum absolute atomic E-state index is 0.566. The molecule has 0 spiro atoms. The molecule has 0 aliphatic carbocycles. The SMILES string of the molecule is Cc1nc(-c2c(N)nsc2NCCCCN(C)C)cs1. The first-order chi connectivity index (χ1) is 9.58. The zero-order valence-electron chi connectivity index (χ0n) is 12.1. The van der Waals surface area contributed by atoms with Crippen molar-refractivity contribution < 1.29 is 0 Å². The summed E-state index contributed by atoms with van der Waals surface area (Å²) in [6.45, 7) is 4.05. The fourth-order valence-electron chi connectivity index (χ4n) is 1.90. The second-order valence-corrected chi connectivity index (χ2v) is 6.80. The van der Waals surface area contributed by atoms with E-state index < -0.39 is 0 Å². The lowest BCUT2D eigenvalue weighted by atomic mass is 10.2. The van der Waals surface area contributed by atoms with Gasteiger partial charge >= 0.3 is 0 Å². The molecule has 0 unspecified atom stereocenters. The third-order valence-electron chi connectivity index (χ3n) is 2.91. The highest BCUT2D eigenvalue weighted by Gasteiger charge is 2.15. The summed E-state index contributed by atoms with van der Waals surface area (Å²) >= 11 is 3.04. The Labute approximate surface area is 128 Å². The number of unbranched alkanes of at least 4 members (excludes halogenated alkanes) is 1. The third kappa shape index (κ3) is 3.91. The maximum absolute atomic E-state index is 5.97. The van der Waals surface area contributed by atoms with E-state index in [2.05, 4.69) is 33.7 Å². The van der Waals surface area contributed by atoms with Gasteiger partial charge in [-0.2, -0.15) is 4.37 Å². The number of aromatic nitrogens is 2. The van der Waals surface area contributed by atoms with Crippen molar-refractivity contribution in [1.82, 2.24) is 14.3 Å². The van der Waals surface area contributed by atoms with Crippen LogP contribution in [-0.2, 0) is 0 Å². The molecule has 3 N–H and O–H groups in total. The number of anilines is 2. The van der Waals surface area contributed by atoms with Gasteiger partial charge in [-0.3, -0.25) is 0 Å². The van der Waals surface area contributed by atoms with E-state index in [4.69, 9.17) is 5.73 Å². The Kier molecular flexibility index (Phi) is 5.33. The molecule has 0 aromatic carbocycles. The molecular weight excluding hydrogens is 290 g/mol. The van der Waals surface area contributed by atoms with Crippen molar-refractivity contribution in [3.8, 4) is 11.3 Å². The van der Waals surface area contributed by atoms with Crippen LogP contribution in [0.25, 0.3) is 11.3 Å². The molecule has 0 radical (unpaired) electrons. The summed E-state index contributed by atoms with van der Waals surface area (Å²) < 4.78 is 4.24. The summed E-state index contributed by atoms with van der Waals surface area (Å²) in [7, 11) is 4.19. The van der Waals surface area contributed by atoms with Gasteiger partial charge in [0.15, 0.2) is 0 Å². The van der Waals surface area contributed by atoms with Crippen molar-refractivity contribution in [3.63, 3.8) is 0 Å². The monoisotopic (exact) mass is 311 g/mol. The number of rotatable bonds is 7. The topological polar surface area (TPSA) is 67.1 Å². The molecule has 7 heteroatoms. The Morgan fingerprint density at radius 2 is 2.15 bits per heavy atom. The van der Waals surface area contributed by atoms with E-state index in [9.17, 15) is 0 Å². The zero-order chi connectivity index (χ0) is 14.5. The normalized spacial score (nSPS) is 11.2. The second-order valence-electron chi connectivity index (χ2n) is 4.96. The molecule has 2 aromatic heterocycles. The molecule has 2 heterocycles. The van der Waals surface area contributed by atoms with Gasteiger partial charge in [0.1, 0.15) is 10.8 Å². The fraction of sp³-hybridized carbons (Fsp3) is 0.538. The quantitative estimate of drug-likeness (QED) is 0.770. The Bertz CT molecular complexity index is 547. The predicted molar refractivity (Wildman–Crippen MR) is 88.6 cm³/mol. The van der Waals surface area contributed by atoms with E-state index in [0.29, 0.717) is 5.82 Å². The van der Waals surface area contributed by atoms with E-state index in [1.807, 2.05) is 12.3 Å². The standard InChI is InChI=1S/C13H21N5S2/c1-9-16-10(8-19-9)11-12(14)17-20-13(11)15-6-4-5-7-18(2)3/h8,15H,4-7H2,1-3H3,(H2,14,17). The van der Waals surface area contributed by atoms with Gasteiger partial charge in [0.05, 0.1) is 16.3 Å². The fourth-order valence-corrected chi connectivity index (χ4v) is 3.26. The van der Waals surface area contributed by atoms with Crippen LogP contribution < -0.4 is 11.1 Å². The lowest BCUT2D eigenvalue weighted by Crippen LogP contribution is -2.14. The van der Waals surface area contributed by atoms with E-state index in [-0.39, 0.29) is 0 Å². The van der Waals surface area contributed by atoms with Gasteiger partial charge in [-0.1, -0.05) is 0 Å². The average Bonchev–Trinajstić information content (AvgIpc) is 2.95. The first kappa shape index (κ1) is 15.2. The van der Waals surface area contributed by atoms with Gasteiger partial charge in [-0.15, -0.1) is 11.3 Å². The molecule has 110 valence electrons. The summed E-state index contributed by atoms with van der Waals surface area (Å²) in [4.78, 5) is 6.70.